The van der Waals surface area contributed by atoms with Crippen LogP contribution in [-0.2, 0) is 24.3 Å². The van der Waals surface area contributed by atoms with Crippen molar-refractivity contribution < 1.29 is 18.6 Å². The Morgan fingerprint density at radius 1 is 1.18 bits per heavy atom. The third kappa shape index (κ3) is 6.22. The van der Waals surface area contributed by atoms with Gasteiger partial charge in [0.15, 0.2) is 0 Å². The van der Waals surface area contributed by atoms with E-state index in [1.165, 1.54) is 5.56 Å². The normalized spacial score (nSPS) is 16.4. The highest BCUT2D eigenvalue weighted by molar-refractivity contribution is 5.79. The van der Waals surface area contributed by atoms with Crippen LogP contribution in [0.4, 0.5) is 0 Å². The SMILES string of the molecule is Cc1noc(C)c1CC(=O)N1CCC[C@H](COc2ccc(CN(C)Cc3ccon3)cc2)C1. The summed E-state index contributed by atoms with van der Waals surface area (Å²) in [6.07, 6.45) is 4.01. The highest BCUT2D eigenvalue weighted by atomic mass is 16.5. The Balaban J connectivity index is 1.23. The average molecular weight is 453 g/mol. The number of hydrogen-bond donors (Lipinski definition) is 0. The second-order valence-electron chi connectivity index (χ2n) is 8.95. The van der Waals surface area contributed by atoms with Gasteiger partial charge >= 0.3 is 0 Å². The minimum Gasteiger partial charge on any atom is -0.493 e. The molecule has 1 aliphatic rings. The number of hydrogen-bond acceptors (Lipinski definition) is 7. The fourth-order valence-electron chi connectivity index (χ4n) is 4.31. The number of amides is 1. The summed E-state index contributed by atoms with van der Waals surface area (Å²) < 4.78 is 16.1. The van der Waals surface area contributed by atoms with Crippen molar-refractivity contribution in [3.63, 3.8) is 0 Å². The molecule has 1 aliphatic heterocycles. The van der Waals surface area contributed by atoms with Gasteiger partial charge in [-0.05, 0) is 51.4 Å². The first-order valence-electron chi connectivity index (χ1n) is 11.5. The van der Waals surface area contributed by atoms with Gasteiger partial charge in [0, 0.05) is 43.7 Å². The molecule has 1 saturated heterocycles. The Kier molecular flexibility index (Phi) is 7.44. The molecular weight excluding hydrogens is 420 g/mol. The van der Waals surface area contributed by atoms with E-state index in [4.69, 9.17) is 13.8 Å². The van der Waals surface area contributed by atoms with Crippen molar-refractivity contribution in [2.45, 2.75) is 46.2 Å². The van der Waals surface area contributed by atoms with Crippen molar-refractivity contribution in [2.24, 2.45) is 5.92 Å². The number of aromatic nitrogens is 2. The largest absolute Gasteiger partial charge is 0.493 e. The number of aryl methyl sites for hydroxylation is 2. The van der Waals surface area contributed by atoms with E-state index < -0.39 is 0 Å². The van der Waals surface area contributed by atoms with Crippen LogP contribution in [0.25, 0.3) is 0 Å². The summed E-state index contributed by atoms with van der Waals surface area (Å²) in [4.78, 5) is 17.0. The molecule has 1 fully saturated rings. The Bertz CT molecular complexity index is 1010. The maximum Gasteiger partial charge on any atom is 0.227 e. The minimum atomic E-state index is 0.133. The summed E-state index contributed by atoms with van der Waals surface area (Å²) >= 11 is 0. The molecule has 4 rings (SSSR count). The molecular formula is C25H32N4O4. The van der Waals surface area contributed by atoms with Crippen LogP contribution in [0.5, 0.6) is 5.75 Å². The molecule has 1 atom stereocenters. The van der Waals surface area contributed by atoms with Crippen molar-refractivity contribution in [3.05, 3.63) is 64.9 Å². The molecule has 8 heteroatoms. The van der Waals surface area contributed by atoms with E-state index in [1.54, 1.807) is 6.26 Å². The smallest absolute Gasteiger partial charge is 0.227 e. The van der Waals surface area contributed by atoms with Crippen LogP contribution >= 0.6 is 0 Å². The summed E-state index contributed by atoms with van der Waals surface area (Å²) in [6, 6.07) is 10.1. The summed E-state index contributed by atoms with van der Waals surface area (Å²) in [5.74, 6) is 2.05. The van der Waals surface area contributed by atoms with Gasteiger partial charge in [-0.25, -0.2) is 0 Å². The predicted octanol–water partition coefficient (Wildman–Crippen LogP) is 3.77. The Hall–Kier alpha value is -3.13. The van der Waals surface area contributed by atoms with Crippen LogP contribution in [0.3, 0.4) is 0 Å². The van der Waals surface area contributed by atoms with E-state index in [0.29, 0.717) is 18.9 Å². The molecule has 3 aromatic rings. The fraction of sp³-hybridized carbons (Fsp3) is 0.480. The first-order chi connectivity index (χ1) is 16.0. The highest BCUT2D eigenvalue weighted by Gasteiger charge is 2.25. The average Bonchev–Trinajstić information content (AvgIpc) is 3.44. The zero-order chi connectivity index (χ0) is 23.2. The lowest BCUT2D eigenvalue weighted by Gasteiger charge is -2.32. The van der Waals surface area contributed by atoms with E-state index in [2.05, 4.69) is 34.4 Å². The summed E-state index contributed by atoms with van der Waals surface area (Å²) in [7, 11) is 2.06. The lowest BCUT2D eigenvalue weighted by Crippen LogP contribution is -2.42. The summed E-state index contributed by atoms with van der Waals surface area (Å²) in [6.45, 7) is 7.43. The molecule has 0 saturated carbocycles. The summed E-state index contributed by atoms with van der Waals surface area (Å²) in [5.41, 5.74) is 3.84. The number of piperidine rings is 1. The zero-order valence-electron chi connectivity index (χ0n) is 19.6. The molecule has 0 aliphatic carbocycles. The quantitative estimate of drug-likeness (QED) is 0.488. The van der Waals surface area contributed by atoms with Gasteiger partial charge in [-0.1, -0.05) is 22.4 Å². The maximum absolute atomic E-state index is 12.8. The van der Waals surface area contributed by atoms with Gasteiger partial charge in [-0.2, -0.15) is 0 Å². The minimum absolute atomic E-state index is 0.133. The number of benzene rings is 1. The van der Waals surface area contributed by atoms with Crippen molar-refractivity contribution in [2.75, 3.05) is 26.7 Å². The molecule has 0 spiro atoms. The molecule has 3 heterocycles. The zero-order valence-corrected chi connectivity index (χ0v) is 19.6. The molecule has 2 aromatic heterocycles. The third-order valence-corrected chi connectivity index (χ3v) is 6.17. The molecule has 0 N–H and O–H groups in total. The second-order valence-corrected chi connectivity index (χ2v) is 8.95. The highest BCUT2D eigenvalue weighted by Crippen LogP contribution is 2.22. The number of carbonyl (C=O) groups excluding carboxylic acids is 1. The van der Waals surface area contributed by atoms with Crippen LogP contribution < -0.4 is 4.74 Å². The maximum atomic E-state index is 12.8. The second kappa shape index (κ2) is 10.7. The number of nitrogens with zero attached hydrogens (tertiary/aromatic N) is 4. The molecule has 0 unspecified atom stereocenters. The van der Waals surface area contributed by atoms with E-state index in [9.17, 15) is 4.79 Å². The Morgan fingerprint density at radius 2 is 2.00 bits per heavy atom. The van der Waals surface area contributed by atoms with Gasteiger partial charge in [0.2, 0.25) is 5.91 Å². The lowest BCUT2D eigenvalue weighted by atomic mass is 9.98. The first-order valence-corrected chi connectivity index (χ1v) is 11.5. The van der Waals surface area contributed by atoms with Crippen LogP contribution in [0.1, 0.15) is 41.1 Å². The van der Waals surface area contributed by atoms with Crippen molar-refractivity contribution in [1.82, 2.24) is 20.1 Å². The molecule has 1 amide bonds. The Labute approximate surface area is 194 Å². The molecule has 8 nitrogen and oxygen atoms in total. The van der Waals surface area contributed by atoms with Crippen molar-refractivity contribution in [1.29, 1.82) is 0 Å². The topological polar surface area (TPSA) is 84.8 Å². The van der Waals surface area contributed by atoms with E-state index in [0.717, 1.165) is 67.5 Å². The predicted molar refractivity (Wildman–Crippen MR) is 123 cm³/mol. The Morgan fingerprint density at radius 3 is 2.70 bits per heavy atom. The summed E-state index contributed by atoms with van der Waals surface area (Å²) in [5, 5.41) is 7.91. The molecule has 0 bridgehead atoms. The lowest BCUT2D eigenvalue weighted by molar-refractivity contribution is -0.132. The third-order valence-electron chi connectivity index (χ3n) is 6.17. The molecule has 1 aromatic carbocycles. The standard InChI is InChI=1S/C25H32N4O4/c1-18-24(19(2)33-26-18)13-25(30)29-11-4-5-21(15-29)17-31-23-8-6-20(7-9-23)14-28(3)16-22-10-12-32-27-22/h6-10,12,21H,4-5,11,13-17H2,1-3H3/t21-/m0/s1. The van der Waals surface area contributed by atoms with Gasteiger partial charge in [-0.3, -0.25) is 9.69 Å². The number of rotatable bonds is 9. The van der Waals surface area contributed by atoms with Gasteiger partial charge in [-0.15, -0.1) is 0 Å². The van der Waals surface area contributed by atoms with Gasteiger partial charge < -0.3 is 18.7 Å². The fourth-order valence-corrected chi connectivity index (χ4v) is 4.31. The van der Waals surface area contributed by atoms with Crippen LogP contribution in [0, 0.1) is 19.8 Å². The van der Waals surface area contributed by atoms with Crippen LogP contribution in [0.2, 0.25) is 0 Å². The van der Waals surface area contributed by atoms with Crippen LogP contribution in [0.15, 0.2) is 45.6 Å². The number of likely N-dealkylation sites (tertiary alicyclic amines) is 1. The van der Waals surface area contributed by atoms with Crippen molar-refractivity contribution in [3.8, 4) is 5.75 Å². The number of ether oxygens (including phenoxy) is 1. The van der Waals surface area contributed by atoms with Crippen molar-refractivity contribution >= 4 is 5.91 Å². The van der Waals surface area contributed by atoms with E-state index in [-0.39, 0.29) is 5.91 Å². The number of carbonyl (C=O) groups is 1. The monoisotopic (exact) mass is 452 g/mol. The van der Waals surface area contributed by atoms with Gasteiger partial charge in [0.1, 0.15) is 17.8 Å². The molecule has 33 heavy (non-hydrogen) atoms. The van der Waals surface area contributed by atoms with Gasteiger partial charge in [0.05, 0.1) is 24.4 Å². The molecule has 0 radical (unpaired) electrons. The molecule has 176 valence electrons. The first kappa shape index (κ1) is 23.0. The van der Waals surface area contributed by atoms with E-state index >= 15 is 0 Å². The van der Waals surface area contributed by atoms with E-state index in [1.807, 2.05) is 36.9 Å². The van der Waals surface area contributed by atoms with Gasteiger partial charge in [0.25, 0.3) is 0 Å². The van der Waals surface area contributed by atoms with Crippen LogP contribution in [-0.4, -0.2) is 52.8 Å².